The van der Waals surface area contributed by atoms with Gasteiger partial charge in [-0.05, 0) is 25.1 Å². The van der Waals surface area contributed by atoms with Crippen molar-refractivity contribution in [3.05, 3.63) is 42.2 Å². The van der Waals surface area contributed by atoms with Crippen molar-refractivity contribution < 1.29 is 0 Å². The second-order valence-electron chi connectivity index (χ2n) is 5.26. The first-order valence-corrected chi connectivity index (χ1v) is 6.80. The van der Waals surface area contributed by atoms with Gasteiger partial charge >= 0.3 is 0 Å². The van der Waals surface area contributed by atoms with Crippen LogP contribution in [0, 0.1) is 6.92 Å². The molecule has 0 atom stereocenters. The monoisotopic (exact) mass is 265 g/mol. The molecule has 1 saturated heterocycles. The molecular formula is C15H15N5. The molecule has 0 spiro atoms. The minimum atomic E-state index is 0.445. The minimum Gasteiger partial charge on any atom is -0.312 e. The summed E-state index contributed by atoms with van der Waals surface area (Å²) in [5, 5.41) is 12.9. The Kier molecular flexibility index (Phi) is 2.53. The molecule has 3 aromatic rings. The van der Waals surface area contributed by atoms with Crippen molar-refractivity contribution in [1.82, 2.24) is 25.3 Å². The van der Waals surface area contributed by atoms with Crippen LogP contribution in [0.4, 0.5) is 0 Å². The van der Waals surface area contributed by atoms with Crippen molar-refractivity contribution in [2.45, 2.75) is 13.0 Å². The number of hydrogen-bond donors (Lipinski definition) is 1. The molecule has 20 heavy (non-hydrogen) atoms. The molecule has 1 aromatic carbocycles. The maximum absolute atomic E-state index is 4.52. The van der Waals surface area contributed by atoms with Crippen molar-refractivity contribution in [3.63, 3.8) is 0 Å². The van der Waals surface area contributed by atoms with E-state index in [9.17, 15) is 0 Å². The zero-order chi connectivity index (χ0) is 13.5. The van der Waals surface area contributed by atoms with Gasteiger partial charge in [0.15, 0.2) is 0 Å². The smallest absolute Gasteiger partial charge is 0.113 e. The van der Waals surface area contributed by atoms with Gasteiger partial charge in [0, 0.05) is 29.7 Å². The van der Waals surface area contributed by atoms with Crippen molar-refractivity contribution in [3.8, 4) is 11.3 Å². The SMILES string of the molecule is Cc1ccc2cc(-c3cn(C4CNC4)nn3)ccc2n1. The molecule has 1 aliphatic heterocycles. The van der Waals surface area contributed by atoms with Crippen LogP contribution in [0.15, 0.2) is 36.5 Å². The Balaban J connectivity index is 1.73. The van der Waals surface area contributed by atoms with Crippen LogP contribution < -0.4 is 5.32 Å². The molecule has 100 valence electrons. The van der Waals surface area contributed by atoms with Crippen LogP contribution >= 0.6 is 0 Å². The summed E-state index contributed by atoms with van der Waals surface area (Å²) in [5.74, 6) is 0. The molecule has 0 amide bonds. The molecule has 3 heterocycles. The second-order valence-corrected chi connectivity index (χ2v) is 5.26. The maximum Gasteiger partial charge on any atom is 0.113 e. The van der Waals surface area contributed by atoms with Gasteiger partial charge < -0.3 is 5.32 Å². The first-order chi connectivity index (χ1) is 9.79. The van der Waals surface area contributed by atoms with Crippen LogP contribution in [-0.4, -0.2) is 33.1 Å². The Morgan fingerprint density at radius 2 is 2.10 bits per heavy atom. The van der Waals surface area contributed by atoms with Crippen LogP contribution in [0.5, 0.6) is 0 Å². The fraction of sp³-hybridized carbons (Fsp3) is 0.267. The van der Waals surface area contributed by atoms with Gasteiger partial charge in [0.2, 0.25) is 0 Å². The van der Waals surface area contributed by atoms with E-state index in [0.29, 0.717) is 6.04 Å². The number of rotatable bonds is 2. The highest BCUT2D eigenvalue weighted by molar-refractivity contribution is 5.83. The Morgan fingerprint density at radius 3 is 2.90 bits per heavy atom. The van der Waals surface area contributed by atoms with Crippen LogP contribution in [0.1, 0.15) is 11.7 Å². The molecule has 1 aliphatic rings. The molecule has 0 saturated carbocycles. The molecule has 5 nitrogen and oxygen atoms in total. The Hall–Kier alpha value is -2.27. The predicted molar refractivity (Wildman–Crippen MR) is 77.4 cm³/mol. The molecular weight excluding hydrogens is 250 g/mol. The van der Waals surface area contributed by atoms with Gasteiger partial charge in [0.05, 0.1) is 17.8 Å². The first kappa shape index (κ1) is 11.5. The van der Waals surface area contributed by atoms with Crippen molar-refractivity contribution in [2.24, 2.45) is 0 Å². The summed E-state index contributed by atoms with van der Waals surface area (Å²) in [6.07, 6.45) is 2.02. The van der Waals surface area contributed by atoms with Crippen molar-refractivity contribution >= 4 is 10.9 Å². The van der Waals surface area contributed by atoms with Crippen molar-refractivity contribution in [1.29, 1.82) is 0 Å². The number of nitrogens with zero attached hydrogens (tertiary/aromatic N) is 4. The summed E-state index contributed by atoms with van der Waals surface area (Å²) < 4.78 is 1.95. The normalized spacial score (nSPS) is 15.4. The van der Waals surface area contributed by atoms with Gasteiger partial charge in [0.1, 0.15) is 5.69 Å². The maximum atomic E-state index is 4.52. The summed E-state index contributed by atoms with van der Waals surface area (Å²) >= 11 is 0. The van der Waals surface area contributed by atoms with Crippen LogP contribution in [-0.2, 0) is 0 Å². The number of hydrogen-bond acceptors (Lipinski definition) is 4. The molecule has 0 unspecified atom stereocenters. The number of aryl methyl sites for hydroxylation is 1. The number of benzene rings is 1. The fourth-order valence-electron chi connectivity index (χ4n) is 2.43. The number of fused-ring (bicyclic) bond motifs is 1. The highest BCUT2D eigenvalue weighted by Gasteiger charge is 2.20. The third kappa shape index (κ3) is 1.87. The topological polar surface area (TPSA) is 55.6 Å². The second kappa shape index (κ2) is 4.38. The largest absolute Gasteiger partial charge is 0.312 e. The van der Waals surface area contributed by atoms with Gasteiger partial charge in [0.25, 0.3) is 0 Å². The molecule has 4 rings (SSSR count). The van der Waals surface area contributed by atoms with Gasteiger partial charge in [-0.3, -0.25) is 4.98 Å². The fourth-order valence-corrected chi connectivity index (χ4v) is 2.43. The molecule has 0 aliphatic carbocycles. The van der Waals surface area contributed by atoms with E-state index in [-0.39, 0.29) is 0 Å². The standard InChI is InChI=1S/C15H15N5/c1-10-2-3-11-6-12(4-5-14(11)17-10)15-9-20(19-18-15)13-7-16-8-13/h2-6,9,13,16H,7-8H2,1H3. The van der Waals surface area contributed by atoms with E-state index in [1.54, 1.807) is 0 Å². The van der Waals surface area contributed by atoms with E-state index in [2.05, 4.69) is 38.8 Å². The summed E-state index contributed by atoms with van der Waals surface area (Å²) in [4.78, 5) is 4.52. The molecule has 1 fully saturated rings. The summed E-state index contributed by atoms with van der Waals surface area (Å²) in [6, 6.07) is 10.8. The van der Waals surface area contributed by atoms with Gasteiger partial charge in [-0.15, -0.1) is 5.10 Å². The number of nitrogens with one attached hydrogen (secondary N) is 1. The summed E-state index contributed by atoms with van der Waals surface area (Å²) in [6.45, 7) is 3.96. The molecule has 5 heteroatoms. The molecule has 0 bridgehead atoms. The van der Waals surface area contributed by atoms with E-state index in [1.165, 1.54) is 0 Å². The lowest BCUT2D eigenvalue weighted by Gasteiger charge is -2.26. The third-order valence-corrected chi connectivity index (χ3v) is 3.77. The Bertz CT molecular complexity index is 773. The lowest BCUT2D eigenvalue weighted by atomic mass is 10.1. The van der Waals surface area contributed by atoms with E-state index >= 15 is 0 Å². The first-order valence-electron chi connectivity index (χ1n) is 6.80. The Morgan fingerprint density at radius 1 is 1.20 bits per heavy atom. The van der Waals surface area contributed by atoms with E-state index in [0.717, 1.165) is 40.9 Å². The highest BCUT2D eigenvalue weighted by Crippen LogP contribution is 2.23. The predicted octanol–water partition coefficient (Wildman–Crippen LogP) is 1.95. The van der Waals surface area contributed by atoms with Crippen molar-refractivity contribution in [2.75, 3.05) is 13.1 Å². The zero-order valence-corrected chi connectivity index (χ0v) is 11.2. The average molecular weight is 265 g/mol. The van der Waals surface area contributed by atoms with E-state index < -0.39 is 0 Å². The molecule has 1 N–H and O–H groups in total. The van der Waals surface area contributed by atoms with Crippen LogP contribution in [0.2, 0.25) is 0 Å². The van der Waals surface area contributed by atoms with Crippen LogP contribution in [0.25, 0.3) is 22.2 Å². The summed E-state index contributed by atoms with van der Waals surface area (Å²) in [7, 11) is 0. The average Bonchev–Trinajstić information content (AvgIpc) is 2.85. The van der Waals surface area contributed by atoms with Gasteiger partial charge in [-0.1, -0.05) is 17.3 Å². The quantitative estimate of drug-likeness (QED) is 0.769. The lowest BCUT2D eigenvalue weighted by molar-refractivity contribution is 0.313. The highest BCUT2D eigenvalue weighted by atomic mass is 15.4. The Labute approximate surface area is 116 Å². The third-order valence-electron chi connectivity index (χ3n) is 3.77. The minimum absolute atomic E-state index is 0.445. The van der Waals surface area contributed by atoms with Gasteiger partial charge in [-0.25, -0.2) is 4.68 Å². The van der Waals surface area contributed by atoms with E-state index in [4.69, 9.17) is 0 Å². The zero-order valence-electron chi connectivity index (χ0n) is 11.2. The number of pyridine rings is 1. The van der Waals surface area contributed by atoms with E-state index in [1.807, 2.05) is 29.9 Å². The number of aromatic nitrogens is 4. The summed E-state index contributed by atoms with van der Waals surface area (Å²) in [5.41, 5.74) is 4.05. The molecule has 2 aromatic heterocycles. The lowest BCUT2D eigenvalue weighted by Crippen LogP contribution is -2.43. The van der Waals surface area contributed by atoms with Crippen LogP contribution in [0.3, 0.4) is 0 Å². The molecule has 0 radical (unpaired) electrons. The van der Waals surface area contributed by atoms with Gasteiger partial charge in [-0.2, -0.15) is 0 Å².